The van der Waals surface area contributed by atoms with Gasteiger partial charge in [-0.15, -0.1) is 11.3 Å². The first-order valence-corrected chi connectivity index (χ1v) is 5.82. The van der Waals surface area contributed by atoms with Crippen molar-refractivity contribution in [2.24, 2.45) is 0 Å². The van der Waals surface area contributed by atoms with Crippen LogP contribution in [0.4, 0.5) is 13.2 Å². The highest BCUT2D eigenvalue weighted by Gasteiger charge is 2.29. The van der Waals surface area contributed by atoms with Gasteiger partial charge in [-0.1, -0.05) is 0 Å². The largest absolute Gasteiger partial charge is 0.390 e. The minimum Gasteiger partial charge on any atom is -0.308 e. The van der Waals surface area contributed by atoms with Gasteiger partial charge in [0.25, 0.3) is 0 Å². The van der Waals surface area contributed by atoms with E-state index in [0.717, 1.165) is 15.6 Å². The lowest BCUT2D eigenvalue weighted by Gasteiger charge is -2.14. The zero-order chi connectivity index (χ0) is 12.3. The van der Waals surface area contributed by atoms with Crippen molar-refractivity contribution in [2.75, 3.05) is 0 Å². The van der Waals surface area contributed by atoms with Gasteiger partial charge in [0.15, 0.2) is 0 Å². The van der Waals surface area contributed by atoms with E-state index >= 15 is 0 Å². The number of halogens is 3. The van der Waals surface area contributed by atoms with Gasteiger partial charge in [0.1, 0.15) is 5.01 Å². The highest BCUT2D eigenvalue weighted by Crippen LogP contribution is 2.22. The average molecular weight is 252 g/mol. The molecule has 0 fully saturated rings. The van der Waals surface area contributed by atoms with Gasteiger partial charge in [-0.25, -0.2) is 4.98 Å². The fourth-order valence-electron chi connectivity index (χ4n) is 1.30. The summed E-state index contributed by atoms with van der Waals surface area (Å²) in [7, 11) is 0. The Labute approximate surface area is 96.9 Å². The molecule has 1 aromatic rings. The number of alkyl halides is 3. The van der Waals surface area contributed by atoms with E-state index in [1.165, 1.54) is 18.3 Å². The summed E-state index contributed by atoms with van der Waals surface area (Å²) in [6, 6.07) is -0.579. The molecule has 1 N–H and O–H groups in total. The van der Waals surface area contributed by atoms with Gasteiger partial charge < -0.3 is 5.32 Å². The highest BCUT2D eigenvalue weighted by molar-refractivity contribution is 7.11. The van der Waals surface area contributed by atoms with Crippen LogP contribution < -0.4 is 5.32 Å². The molecule has 0 aliphatic heterocycles. The molecule has 1 unspecified atom stereocenters. The van der Waals surface area contributed by atoms with Gasteiger partial charge in [0, 0.05) is 17.5 Å². The zero-order valence-corrected chi connectivity index (χ0v) is 10.3. The predicted octanol–water partition coefficient (Wildman–Crippen LogP) is 3.19. The molecule has 0 aliphatic rings. The third-order valence-corrected chi connectivity index (χ3v) is 3.29. The van der Waals surface area contributed by atoms with Crippen LogP contribution in [-0.4, -0.2) is 17.2 Å². The Kier molecular flexibility index (Phi) is 4.32. The van der Waals surface area contributed by atoms with Crippen LogP contribution in [0.1, 0.15) is 28.9 Å². The first-order valence-electron chi connectivity index (χ1n) is 5.01. The molecule has 0 aliphatic carbocycles. The Morgan fingerprint density at radius 3 is 2.44 bits per heavy atom. The fraction of sp³-hybridized carbons (Fsp3) is 0.700. The Bertz CT molecular complexity index is 327. The minimum atomic E-state index is -4.11. The molecule has 0 amide bonds. The lowest BCUT2D eigenvalue weighted by Crippen LogP contribution is -2.30. The lowest BCUT2D eigenvalue weighted by atomic mass is 10.2. The Hall–Kier alpha value is -0.620. The van der Waals surface area contributed by atoms with E-state index in [9.17, 15) is 13.2 Å². The summed E-state index contributed by atoms with van der Waals surface area (Å²) in [4.78, 5) is 5.36. The van der Waals surface area contributed by atoms with Crippen molar-refractivity contribution < 1.29 is 13.2 Å². The number of hydrogen-bond donors (Lipinski definition) is 1. The van der Waals surface area contributed by atoms with Crippen LogP contribution in [0.2, 0.25) is 0 Å². The molecule has 0 saturated carbocycles. The van der Waals surface area contributed by atoms with Crippen molar-refractivity contribution in [2.45, 2.75) is 46.0 Å². The summed E-state index contributed by atoms with van der Waals surface area (Å²) in [5.74, 6) is 0. The van der Waals surface area contributed by atoms with Crippen LogP contribution in [0, 0.1) is 13.8 Å². The molecule has 92 valence electrons. The van der Waals surface area contributed by atoms with Crippen molar-refractivity contribution in [3.05, 3.63) is 15.6 Å². The third-order valence-electron chi connectivity index (χ3n) is 2.21. The SMILES string of the molecule is Cc1nc(CNC(C)CC(F)(F)F)sc1C. The average Bonchev–Trinajstić information content (AvgIpc) is 2.40. The van der Waals surface area contributed by atoms with Crippen LogP contribution in [0.25, 0.3) is 0 Å². The van der Waals surface area contributed by atoms with Crippen LogP contribution in [-0.2, 0) is 6.54 Å². The van der Waals surface area contributed by atoms with Crippen molar-refractivity contribution in [1.29, 1.82) is 0 Å². The molecule has 2 nitrogen and oxygen atoms in total. The maximum absolute atomic E-state index is 12.0. The number of thiazole rings is 1. The summed E-state index contributed by atoms with van der Waals surface area (Å²) in [5.41, 5.74) is 0.949. The maximum Gasteiger partial charge on any atom is 0.390 e. The number of aryl methyl sites for hydroxylation is 2. The second-order valence-electron chi connectivity index (χ2n) is 3.85. The van der Waals surface area contributed by atoms with Crippen molar-refractivity contribution in [1.82, 2.24) is 10.3 Å². The molecule has 1 heterocycles. The van der Waals surface area contributed by atoms with E-state index in [2.05, 4.69) is 10.3 Å². The molecule has 0 saturated heterocycles. The molecule has 0 spiro atoms. The normalized spacial score (nSPS) is 14.1. The van der Waals surface area contributed by atoms with Crippen molar-refractivity contribution >= 4 is 11.3 Å². The quantitative estimate of drug-likeness (QED) is 0.890. The summed E-state index contributed by atoms with van der Waals surface area (Å²) in [5, 5.41) is 3.66. The summed E-state index contributed by atoms with van der Waals surface area (Å²) >= 11 is 1.52. The molecule has 0 aromatic carbocycles. The number of nitrogens with one attached hydrogen (secondary N) is 1. The Morgan fingerprint density at radius 2 is 2.00 bits per heavy atom. The van der Waals surface area contributed by atoms with Gasteiger partial charge in [-0.3, -0.25) is 0 Å². The molecule has 1 rings (SSSR count). The van der Waals surface area contributed by atoms with E-state index in [0.29, 0.717) is 6.54 Å². The van der Waals surface area contributed by atoms with E-state index in [1.54, 1.807) is 0 Å². The Morgan fingerprint density at radius 1 is 1.38 bits per heavy atom. The predicted molar refractivity (Wildman–Crippen MR) is 58.6 cm³/mol. The molecule has 0 radical (unpaired) electrons. The second kappa shape index (κ2) is 5.14. The summed E-state index contributed by atoms with van der Waals surface area (Å²) in [6.07, 6.45) is -4.92. The van der Waals surface area contributed by atoms with Gasteiger partial charge in [0.05, 0.1) is 12.1 Å². The van der Waals surface area contributed by atoms with E-state index in [4.69, 9.17) is 0 Å². The molecule has 1 atom stereocenters. The topological polar surface area (TPSA) is 24.9 Å². The summed E-state index contributed by atoms with van der Waals surface area (Å²) in [6.45, 7) is 5.78. The first kappa shape index (κ1) is 13.4. The number of nitrogens with zero attached hydrogens (tertiary/aromatic N) is 1. The van der Waals surface area contributed by atoms with Crippen molar-refractivity contribution in [3.63, 3.8) is 0 Å². The molecular formula is C10H15F3N2S. The molecule has 6 heteroatoms. The number of aromatic nitrogens is 1. The summed E-state index contributed by atoms with van der Waals surface area (Å²) < 4.78 is 36.1. The molecule has 16 heavy (non-hydrogen) atoms. The van der Waals surface area contributed by atoms with E-state index in [-0.39, 0.29) is 0 Å². The van der Waals surface area contributed by atoms with Gasteiger partial charge in [-0.05, 0) is 20.8 Å². The standard InChI is InChI=1S/C10H15F3N2S/c1-6(4-10(11,12)13)14-5-9-15-7(2)8(3)16-9/h6,14H,4-5H2,1-3H3. The van der Waals surface area contributed by atoms with Gasteiger partial charge >= 0.3 is 6.18 Å². The molecule has 0 bridgehead atoms. The number of rotatable bonds is 4. The first-order chi connectivity index (χ1) is 7.28. The van der Waals surface area contributed by atoms with E-state index < -0.39 is 18.6 Å². The monoisotopic (exact) mass is 252 g/mol. The van der Waals surface area contributed by atoms with Crippen LogP contribution in [0.5, 0.6) is 0 Å². The lowest BCUT2D eigenvalue weighted by molar-refractivity contribution is -0.139. The highest BCUT2D eigenvalue weighted by atomic mass is 32.1. The molecule has 1 aromatic heterocycles. The number of hydrogen-bond acceptors (Lipinski definition) is 3. The maximum atomic E-state index is 12.0. The van der Waals surface area contributed by atoms with E-state index in [1.807, 2.05) is 13.8 Å². The van der Waals surface area contributed by atoms with Gasteiger partial charge in [-0.2, -0.15) is 13.2 Å². The van der Waals surface area contributed by atoms with Crippen LogP contribution in [0.3, 0.4) is 0 Å². The second-order valence-corrected chi connectivity index (χ2v) is 5.14. The minimum absolute atomic E-state index is 0.399. The molecular weight excluding hydrogens is 237 g/mol. The van der Waals surface area contributed by atoms with Crippen LogP contribution in [0.15, 0.2) is 0 Å². The zero-order valence-electron chi connectivity index (χ0n) is 9.48. The smallest absolute Gasteiger partial charge is 0.308 e. The van der Waals surface area contributed by atoms with Gasteiger partial charge in [0.2, 0.25) is 0 Å². The third kappa shape index (κ3) is 4.49. The fourth-order valence-corrected chi connectivity index (χ4v) is 2.18. The Balaban J connectivity index is 2.40. The van der Waals surface area contributed by atoms with Crippen molar-refractivity contribution in [3.8, 4) is 0 Å². The van der Waals surface area contributed by atoms with Crippen LogP contribution >= 0.6 is 11.3 Å².